The van der Waals surface area contributed by atoms with Gasteiger partial charge in [0.25, 0.3) is 5.91 Å². The molecule has 142 valence electrons. The molecule has 0 bridgehead atoms. The first-order valence-corrected chi connectivity index (χ1v) is 8.91. The van der Waals surface area contributed by atoms with Crippen LogP contribution in [0.25, 0.3) is 0 Å². The summed E-state index contributed by atoms with van der Waals surface area (Å²) in [5, 5.41) is 3.06. The Labute approximate surface area is 157 Å². The molecule has 0 spiro atoms. The van der Waals surface area contributed by atoms with Crippen LogP contribution in [0.5, 0.6) is 0 Å². The lowest BCUT2D eigenvalue weighted by Crippen LogP contribution is -2.42. The van der Waals surface area contributed by atoms with Crippen LogP contribution in [0.3, 0.4) is 0 Å². The van der Waals surface area contributed by atoms with Gasteiger partial charge in [0.15, 0.2) is 0 Å². The average molecular weight is 369 g/mol. The maximum atomic E-state index is 12.5. The fourth-order valence-corrected chi connectivity index (χ4v) is 3.03. The summed E-state index contributed by atoms with van der Waals surface area (Å²) in [5.74, 6) is -0.182. The van der Waals surface area contributed by atoms with Crippen LogP contribution in [0.1, 0.15) is 47.1 Å². The lowest BCUT2D eigenvalue weighted by atomic mass is 9.97. The van der Waals surface area contributed by atoms with Gasteiger partial charge in [0.2, 0.25) is 5.95 Å². The molecule has 3 rings (SSSR count). The third kappa shape index (κ3) is 3.84. The molecule has 0 radical (unpaired) electrons. The molecule has 8 heteroatoms. The molecule has 1 aliphatic rings. The van der Waals surface area contributed by atoms with Crippen LogP contribution < -0.4 is 11.1 Å². The van der Waals surface area contributed by atoms with Crippen molar-refractivity contribution in [3.63, 3.8) is 0 Å². The minimum absolute atomic E-state index is 0.0478. The Bertz CT molecular complexity index is 882. The predicted molar refractivity (Wildman–Crippen MR) is 102 cm³/mol. The third-order valence-corrected chi connectivity index (χ3v) is 4.41. The van der Waals surface area contributed by atoms with E-state index in [4.69, 9.17) is 10.5 Å². The normalized spacial score (nSPS) is 13.5. The van der Waals surface area contributed by atoms with Gasteiger partial charge < -0.3 is 20.7 Å². The highest BCUT2D eigenvalue weighted by molar-refractivity contribution is 5.97. The van der Waals surface area contributed by atoms with Crippen LogP contribution in [0.2, 0.25) is 0 Å². The summed E-state index contributed by atoms with van der Waals surface area (Å²) in [6.07, 6.45) is 2.13. The highest BCUT2D eigenvalue weighted by Crippen LogP contribution is 2.25. The van der Waals surface area contributed by atoms with Crippen LogP contribution in [0.4, 0.5) is 17.5 Å². The average Bonchev–Trinajstić information content (AvgIpc) is 2.62. The first-order chi connectivity index (χ1) is 12.9. The number of nitrogens with zero attached hydrogens (tertiary/aromatic N) is 3. The number of hydrogen-bond donors (Lipinski definition) is 2. The zero-order valence-corrected chi connectivity index (χ0v) is 15.7. The van der Waals surface area contributed by atoms with E-state index in [0.717, 1.165) is 23.2 Å². The van der Waals surface area contributed by atoms with Crippen molar-refractivity contribution in [3.8, 4) is 0 Å². The number of benzene rings is 1. The number of amides is 1. The molecule has 3 N–H and O–H groups in total. The molecule has 0 unspecified atom stereocenters. The number of nitrogens with one attached hydrogen (secondary N) is 1. The van der Waals surface area contributed by atoms with Crippen molar-refractivity contribution in [1.82, 2.24) is 14.9 Å². The van der Waals surface area contributed by atoms with Gasteiger partial charge in [-0.1, -0.05) is 0 Å². The standard InChI is InChI=1S/C19H23N5O3/c1-4-27-18(26)15-10-21-19(23-16(15)20)22-13-5-6-14-12(9-13)7-8-24(11(2)3)17(14)25/h5-6,9-11H,4,7-8H2,1-3H3,(H3,20,21,22,23). The molecule has 1 aliphatic heterocycles. The highest BCUT2D eigenvalue weighted by Gasteiger charge is 2.26. The van der Waals surface area contributed by atoms with E-state index < -0.39 is 5.97 Å². The van der Waals surface area contributed by atoms with Crippen molar-refractivity contribution in [1.29, 1.82) is 0 Å². The molecule has 0 saturated carbocycles. The number of anilines is 3. The van der Waals surface area contributed by atoms with Crippen LogP contribution >= 0.6 is 0 Å². The molecule has 27 heavy (non-hydrogen) atoms. The third-order valence-electron chi connectivity index (χ3n) is 4.41. The van der Waals surface area contributed by atoms with Gasteiger partial charge >= 0.3 is 5.97 Å². The molecule has 0 atom stereocenters. The van der Waals surface area contributed by atoms with E-state index in [2.05, 4.69) is 15.3 Å². The summed E-state index contributed by atoms with van der Waals surface area (Å²) in [5.41, 5.74) is 8.43. The summed E-state index contributed by atoms with van der Waals surface area (Å²) in [6, 6.07) is 5.71. The molecular formula is C19H23N5O3. The van der Waals surface area contributed by atoms with Gasteiger partial charge in [-0.3, -0.25) is 4.79 Å². The summed E-state index contributed by atoms with van der Waals surface area (Å²) >= 11 is 0. The first-order valence-electron chi connectivity index (χ1n) is 8.91. The number of aromatic nitrogens is 2. The van der Waals surface area contributed by atoms with Crippen molar-refractivity contribution in [3.05, 3.63) is 41.1 Å². The molecule has 0 fully saturated rings. The Balaban J connectivity index is 1.79. The van der Waals surface area contributed by atoms with E-state index in [0.29, 0.717) is 6.54 Å². The lowest BCUT2D eigenvalue weighted by Gasteiger charge is -2.32. The van der Waals surface area contributed by atoms with Gasteiger partial charge in [-0.05, 0) is 51.0 Å². The predicted octanol–water partition coefficient (Wildman–Crippen LogP) is 2.39. The molecular weight excluding hydrogens is 346 g/mol. The monoisotopic (exact) mass is 369 g/mol. The SMILES string of the molecule is CCOC(=O)c1cnc(Nc2ccc3c(c2)CCN(C(C)C)C3=O)nc1N. The summed E-state index contributed by atoms with van der Waals surface area (Å²) in [4.78, 5) is 34.4. The van der Waals surface area contributed by atoms with Gasteiger partial charge in [-0.15, -0.1) is 0 Å². The Morgan fingerprint density at radius 2 is 2.19 bits per heavy atom. The van der Waals surface area contributed by atoms with Crippen molar-refractivity contribution in [2.45, 2.75) is 33.2 Å². The number of nitrogen functional groups attached to an aromatic ring is 1. The summed E-state index contributed by atoms with van der Waals surface area (Å²) in [7, 11) is 0. The van der Waals surface area contributed by atoms with Crippen molar-refractivity contribution in [2.75, 3.05) is 24.2 Å². The number of nitrogens with two attached hydrogens (primary N) is 1. The molecule has 1 aromatic carbocycles. The summed E-state index contributed by atoms with van der Waals surface area (Å²) in [6.45, 7) is 6.69. The van der Waals surface area contributed by atoms with Crippen LogP contribution in [-0.4, -0.2) is 45.9 Å². The fourth-order valence-electron chi connectivity index (χ4n) is 3.03. The topological polar surface area (TPSA) is 110 Å². The van der Waals surface area contributed by atoms with Crippen LogP contribution in [0.15, 0.2) is 24.4 Å². The number of ether oxygens (including phenoxy) is 1. The number of carbonyl (C=O) groups is 2. The number of carbonyl (C=O) groups excluding carboxylic acids is 2. The molecule has 0 aliphatic carbocycles. The Hall–Kier alpha value is -3.16. The quantitative estimate of drug-likeness (QED) is 0.779. The van der Waals surface area contributed by atoms with E-state index in [9.17, 15) is 9.59 Å². The zero-order valence-electron chi connectivity index (χ0n) is 15.7. The van der Waals surface area contributed by atoms with Crippen molar-refractivity contribution in [2.24, 2.45) is 0 Å². The van der Waals surface area contributed by atoms with E-state index in [1.54, 1.807) is 13.0 Å². The molecule has 8 nitrogen and oxygen atoms in total. The molecule has 2 heterocycles. The smallest absolute Gasteiger partial charge is 0.343 e. The molecule has 2 aromatic rings. The maximum Gasteiger partial charge on any atom is 0.343 e. The number of fused-ring (bicyclic) bond motifs is 1. The van der Waals surface area contributed by atoms with E-state index in [1.807, 2.05) is 30.9 Å². The Kier molecular flexibility index (Phi) is 5.25. The fraction of sp³-hybridized carbons (Fsp3) is 0.368. The van der Waals surface area contributed by atoms with Gasteiger partial charge in [0, 0.05) is 30.0 Å². The number of hydrogen-bond acceptors (Lipinski definition) is 7. The van der Waals surface area contributed by atoms with Gasteiger partial charge in [0.1, 0.15) is 11.4 Å². The molecule has 0 saturated heterocycles. The largest absolute Gasteiger partial charge is 0.462 e. The Morgan fingerprint density at radius 1 is 1.41 bits per heavy atom. The van der Waals surface area contributed by atoms with E-state index in [1.165, 1.54) is 6.20 Å². The van der Waals surface area contributed by atoms with E-state index >= 15 is 0 Å². The second-order valence-corrected chi connectivity index (χ2v) is 6.55. The van der Waals surface area contributed by atoms with Gasteiger partial charge in [-0.25, -0.2) is 9.78 Å². The summed E-state index contributed by atoms with van der Waals surface area (Å²) < 4.78 is 4.91. The van der Waals surface area contributed by atoms with Crippen molar-refractivity contribution < 1.29 is 14.3 Å². The van der Waals surface area contributed by atoms with E-state index in [-0.39, 0.29) is 35.9 Å². The highest BCUT2D eigenvalue weighted by atomic mass is 16.5. The van der Waals surface area contributed by atoms with Crippen LogP contribution in [-0.2, 0) is 11.2 Å². The number of esters is 1. The minimum Gasteiger partial charge on any atom is -0.462 e. The lowest BCUT2D eigenvalue weighted by molar-refractivity contribution is 0.0526. The Morgan fingerprint density at radius 3 is 2.85 bits per heavy atom. The van der Waals surface area contributed by atoms with Gasteiger partial charge in [0.05, 0.1) is 6.61 Å². The van der Waals surface area contributed by atoms with Crippen LogP contribution in [0, 0.1) is 0 Å². The van der Waals surface area contributed by atoms with Crippen molar-refractivity contribution >= 4 is 29.3 Å². The zero-order chi connectivity index (χ0) is 19.6. The second kappa shape index (κ2) is 7.61. The molecule has 1 amide bonds. The maximum absolute atomic E-state index is 12.5. The first kappa shape index (κ1) is 18.6. The second-order valence-electron chi connectivity index (χ2n) is 6.55. The number of rotatable bonds is 5. The van der Waals surface area contributed by atoms with Gasteiger partial charge in [-0.2, -0.15) is 4.98 Å². The molecule has 1 aromatic heterocycles. The minimum atomic E-state index is -0.552.